The summed E-state index contributed by atoms with van der Waals surface area (Å²) in [4.78, 5) is 18.5. The topological polar surface area (TPSA) is 56.6 Å². The van der Waals surface area contributed by atoms with Crippen LogP contribution in [0.3, 0.4) is 0 Å². The van der Waals surface area contributed by atoms with Gasteiger partial charge in [-0.3, -0.25) is 4.79 Å². The second kappa shape index (κ2) is 10.8. The van der Waals surface area contributed by atoms with Crippen LogP contribution in [0.2, 0.25) is 0 Å². The molecule has 182 valence electrons. The van der Waals surface area contributed by atoms with Crippen molar-refractivity contribution in [3.8, 4) is 0 Å². The first-order valence-corrected chi connectivity index (χ1v) is 13.3. The second-order valence-electron chi connectivity index (χ2n) is 10.4. The molecule has 2 aliphatic rings. The Balaban J connectivity index is 1.54. The van der Waals surface area contributed by atoms with E-state index in [9.17, 15) is 4.79 Å². The van der Waals surface area contributed by atoms with Crippen molar-refractivity contribution in [3.05, 3.63) is 24.0 Å². The van der Waals surface area contributed by atoms with Gasteiger partial charge >= 0.3 is 5.97 Å². The standard InChI is InChI=1S/C26H39N3O3S/c1-5-32-24(30)20-9-6-13-28(18-20)33-21-10-11-23-22(16-21)27-25(26(2,3)4)29(23)17-19-8-7-14-31-15-12-19/h10-11,16,19-20H,5-9,12-15,17-18H2,1-4H3. The van der Waals surface area contributed by atoms with E-state index in [4.69, 9.17) is 14.5 Å². The molecule has 1 aromatic carbocycles. The third-order valence-electron chi connectivity index (χ3n) is 6.64. The van der Waals surface area contributed by atoms with Crippen molar-refractivity contribution in [2.45, 2.75) is 76.7 Å². The Morgan fingerprint density at radius 2 is 2.06 bits per heavy atom. The Bertz CT molecular complexity index is 944. The van der Waals surface area contributed by atoms with Gasteiger partial charge in [-0.2, -0.15) is 0 Å². The van der Waals surface area contributed by atoms with Crippen molar-refractivity contribution in [2.75, 3.05) is 32.9 Å². The monoisotopic (exact) mass is 473 g/mol. The number of carbonyl (C=O) groups is 1. The molecule has 3 heterocycles. The number of nitrogens with zero attached hydrogens (tertiary/aromatic N) is 3. The number of piperidine rings is 1. The van der Waals surface area contributed by atoms with E-state index in [1.54, 1.807) is 11.9 Å². The fourth-order valence-electron chi connectivity index (χ4n) is 4.96. The van der Waals surface area contributed by atoms with Gasteiger partial charge in [0.1, 0.15) is 5.82 Å². The lowest BCUT2D eigenvalue weighted by Gasteiger charge is -2.30. The van der Waals surface area contributed by atoms with Gasteiger partial charge in [-0.25, -0.2) is 9.29 Å². The molecule has 33 heavy (non-hydrogen) atoms. The van der Waals surface area contributed by atoms with E-state index in [2.05, 4.69) is 47.8 Å². The van der Waals surface area contributed by atoms with Crippen molar-refractivity contribution in [1.82, 2.24) is 13.9 Å². The molecule has 0 spiro atoms. The van der Waals surface area contributed by atoms with Crippen LogP contribution in [0, 0.1) is 11.8 Å². The van der Waals surface area contributed by atoms with Gasteiger partial charge in [0.25, 0.3) is 0 Å². The Morgan fingerprint density at radius 1 is 1.21 bits per heavy atom. The van der Waals surface area contributed by atoms with Gasteiger partial charge < -0.3 is 14.0 Å². The molecule has 0 radical (unpaired) electrons. The molecule has 1 aromatic heterocycles. The van der Waals surface area contributed by atoms with E-state index in [0.29, 0.717) is 12.5 Å². The highest BCUT2D eigenvalue weighted by molar-refractivity contribution is 7.97. The first kappa shape index (κ1) is 24.6. The second-order valence-corrected chi connectivity index (χ2v) is 11.6. The first-order chi connectivity index (χ1) is 15.8. The van der Waals surface area contributed by atoms with Crippen LogP contribution in [0.25, 0.3) is 11.0 Å². The minimum atomic E-state index is -0.0595. The van der Waals surface area contributed by atoms with Gasteiger partial charge in [0.2, 0.25) is 0 Å². The zero-order chi connectivity index (χ0) is 23.4. The first-order valence-electron chi connectivity index (χ1n) is 12.5. The summed E-state index contributed by atoms with van der Waals surface area (Å²) in [5, 5.41) is 0. The van der Waals surface area contributed by atoms with E-state index in [1.165, 1.54) is 16.8 Å². The van der Waals surface area contributed by atoms with E-state index >= 15 is 0 Å². The van der Waals surface area contributed by atoms with Gasteiger partial charge in [0.05, 0.1) is 23.6 Å². The minimum Gasteiger partial charge on any atom is -0.466 e. The zero-order valence-corrected chi connectivity index (χ0v) is 21.5. The minimum absolute atomic E-state index is 0.0205. The normalized spacial score (nSPS) is 22.9. The summed E-state index contributed by atoms with van der Waals surface area (Å²) in [6.07, 6.45) is 5.42. The number of fused-ring (bicyclic) bond motifs is 1. The summed E-state index contributed by atoms with van der Waals surface area (Å²) in [6, 6.07) is 6.66. The van der Waals surface area contributed by atoms with E-state index < -0.39 is 0 Å². The fraction of sp³-hybridized carbons (Fsp3) is 0.692. The molecule has 7 heteroatoms. The van der Waals surface area contributed by atoms with Crippen molar-refractivity contribution < 1.29 is 14.3 Å². The van der Waals surface area contributed by atoms with E-state index in [-0.39, 0.29) is 17.3 Å². The summed E-state index contributed by atoms with van der Waals surface area (Å²) in [7, 11) is 0. The Labute approximate surface area is 202 Å². The maximum Gasteiger partial charge on any atom is 0.310 e. The van der Waals surface area contributed by atoms with Crippen LogP contribution >= 0.6 is 11.9 Å². The summed E-state index contributed by atoms with van der Waals surface area (Å²) >= 11 is 1.74. The molecule has 0 aliphatic carbocycles. The number of benzene rings is 1. The lowest BCUT2D eigenvalue weighted by Crippen LogP contribution is -2.35. The summed E-state index contributed by atoms with van der Waals surface area (Å²) in [5.41, 5.74) is 2.26. The highest BCUT2D eigenvalue weighted by atomic mass is 32.2. The maximum absolute atomic E-state index is 12.2. The predicted octanol–water partition coefficient (Wildman–Crippen LogP) is 5.43. The van der Waals surface area contributed by atoms with Gasteiger partial charge in [-0.15, -0.1) is 0 Å². The van der Waals surface area contributed by atoms with Crippen LogP contribution < -0.4 is 0 Å². The third kappa shape index (κ3) is 6.11. The molecule has 0 saturated carbocycles. The molecule has 6 nitrogen and oxygen atoms in total. The Kier molecular flexibility index (Phi) is 8.03. The number of aromatic nitrogens is 2. The molecule has 0 amide bonds. The SMILES string of the molecule is CCOC(=O)C1CCCN(Sc2ccc3c(c2)nc(C(C)(C)C)n3CC2CCCOCC2)C1. The number of hydrogen-bond donors (Lipinski definition) is 0. The largest absolute Gasteiger partial charge is 0.466 e. The van der Waals surface area contributed by atoms with Crippen LogP contribution in [-0.4, -0.2) is 52.7 Å². The number of carbonyl (C=O) groups excluding carboxylic acids is 1. The molecule has 0 bridgehead atoms. The molecule has 2 fully saturated rings. The Morgan fingerprint density at radius 3 is 2.85 bits per heavy atom. The average molecular weight is 474 g/mol. The number of ether oxygens (including phenoxy) is 2. The van der Waals surface area contributed by atoms with Gasteiger partial charge in [0, 0.05) is 43.2 Å². The molecule has 2 aliphatic heterocycles. The predicted molar refractivity (Wildman–Crippen MR) is 133 cm³/mol. The van der Waals surface area contributed by atoms with Crippen molar-refractivity contribution in [3.63, 3.8) is 0 Å². The van der Waals surface area contributed by atoms with Gasteiger partial charge in [-0.05, 0) is 75.1 Å². The lowest BCUT2D eigenvalue weighted by molar-refractivity contribution is -0.149. The molecular weight excluding hydrogens is 434 g/mol. The summed E-state index contributed by atoms with van der Waals surface area (Å²) in [5.74, 6) is 1.71. The Hall–Kier alpha value is -1.57. The number of rotatable bonds is 6. The van der Waals surface area contributed by atoms with Crippen LogP contribution in [0.1, 0.15) is 65.6 Å². The van der Waals surface area contributed by atoms with Crippen LogP contribution in [0.5, 0.6) is 0 Å². The van der Waals surface area contributed by atoms with E-state index in [1.807, 2.05) is 6.92 Å². The molecular formula is C26H39N3O3S. The molecule has 4 rings (SSSR count). The van der Waals surface area contributed by atoms with Crippen LogP contribution in [0.4, 0.5) is 0 Å². The van der Waals surface area contributed by atoms with Crippen LogP contribution in [-0.2, 0) is 26.2 Å². The fourth-order valence-corrected chi connectivity index (χ4v) is 6.03. The van der Waals surface area contributed by atoms with Gasteiger partial charge in [0.15, 0.2) is 0 Å². The van der Waals surface area contributed by atoms with Crippen molar-refractivity contribution in [2.24, 2.45) is 11.8 Å². The average Bonchev–Trinajstić information content (AvgIpc) is 2.94. The zero-order valence-electron chi connectivity index (χ0n) is 20.6. The molecule has 2 saturated heterocycles. The molecule has 2 atom stereocenters. The third-order valence-corrected chi connectivity index (χ3v) is 7.70. The maximum atomic E-state index is 12.2. The molecule has 2 aromatic rings. The van der Waals surface area contributed by atoms with Gasteiger partial charge in [-0.1, -0.05) is 20.8 Å². The highest BCUT2D eigenvalue weighted by Gasteiger charge is 2.28. The smallest absolute Gasteiger partial charge is 0.310 e. The highest BCUT2D eigenvalue weighted by Crippen LogP contribution is 2.34. The summed E-state index contributed by atoms with van der Waals surface area (Å²) in [6.45, 7) is 13.6. The summed E-state index contributed by atoms with van der Waals surface area (Å²) < 4.78 is 15.7. The van der Waals surface area contributed by atoms with Crippen LogP contribution in [0.15, 0.2) is 23.1 Å². The number of esters is 1. The quantitative estimate of drug-likeness (QED) is 0.412. The number of hydrogen-bond acceptors (Lipinski definition) is 6. The molecule has 2 unspecified atom stereocenters. The van der Waals surface area contributed by atoms with E-state index in [0.717, 1.165) is 69.9 Å². The number of imidazole rings is 1. The van der Waals surface area contributed by atoms with Crippen molar-refractivity contribution in [1.29, 1.82) is 0 Å². The molecule has 0 N–H and O–H groups in total. The van der Waals surface area contributed by atoms with Crippen molar-refractivity contribution >= 4 is 29.0 Å². The lowest BCUT2D eigenvalue weighted by atomic mass is 9.94.